The van der Waals surface area contributed by atoms with Gasteiger partial charge in [-0.05, 0) is 44.0 Å². The number of aromatic amines is 1. The van der Waals surface area contributed by atoms with Gasteiger partial charge in [0, 0.05) is 29.1 Å². The van der Waals surface area contributed by atoms with Crippen LogP contribution in [0.15, 0.2) is 18.2 Å². The van der Waals surface area contributed by atoms with Crippen molar-refractivity contribution in [3.8, 4) is 0 Å². The van der Waals surface area contributed by atoms with E-state index in [1.807, 2.05) is 0 Å². The normalized spacial score (nSPS) is 20.8. The lowest BCUT2D eigenvalue weighted by Gasteiger charge is -2.03. The van der Waals surface area contributed by atoms with E-state index >= 15 is 0 Å². The number of aromatic nitrogens is 1. The molecule has 1 atom stereocenters. The quantitative estimate of drug-likeness (QED) is 0.750. The second-order valence-corrected chi connectivity index (χ2v) is 4.90. The molecule has 1 aliphatic heterocycles. The molecule has 2 aromatic rings. The smallest absolute Gasteiger partial charge is 0.0488 e. The van der Waals surface area contributed by atoms with Crippen LogP contribution in [0.5, 0.6) is 0 Å². The molecular weight excluding hydrogens is 196 g/mol. The minimum Gasteiger partial charge on any atom is -0.358 e. The van der Waals surface area contributed by atoms with Gasteiger partial charge in [0.05, 0.1) is 0 Å². The number of nitrogens with one attached hydrogen (secondary N) is 2. The van der Waals surface area contributed by atoms with Gasteiger partial charge in [-0.3, -0.25) is 0 Å². The maximum absolute atomic E-state index is 3.61. The molecule has 2 N–H and O–H groups in total. The zero-order valence-corrected chi connectivity index (χ0v) is 9.93. The summed E-state index contributed by atoms with van der Waals surface area (Å²) in [4.78, 5) is 3.61. The van der Waals surface area contributed by atoms with Crippen LogP contribution in [0.1, 0.15) is 29.2 Å². The molecule has 84 valence electrons. The predicted molar refractivity (Wildman–Crippen MR) is 68.0 cm³/mol. The molecule has 2 heteroatoms. The van der Waals surface area contributed by atoms with Gasteiger partial charge in [-0.15, -0.1) is 0 Å². The molecule has 1 unspecified atom stereocenters. The highest BCUT2D eigenvalue weighted by Crippen LogP contribution is 2.28. The Balaban J connectivity index is 2.14. The number of H-pyrrole nitrogens is 1. The summed E-state index contributed by atoms with van der Waals surface area (Å²) < 4.78 is 0. The summed E-state index contributed by atoms with van der Waals surface area (Å²) in [5.74, 6) is 0.672. The average Bonchev–Trinajstić information content (AvgIpc) is 2.90. The summed E-state index contributed by atoms with van der Waals surface area (Å²) in [7, 11) is 0. The van der Waals surface area contributed by atoms with Crippen LogP contribution in [-0.2, 0) is 0 Å². The van der Waals surface area contributed by atoms with Crippen molar-refractivity contribution < 1.29 is 0 Å². The second-order valence-electron chi connectivity index (χ2n) is 4.90. The summed E-state index contributed by atoms with van der Waals surface area (Å²) in [5, 5.41) is 4.82. The number of benzene rings is 1. The second kappa shape index (κ2) is 3.63. The summed E-state index contributed by atoms with van der Waals surface area (Å²) in [5.41, 5.74) is 5.44. The van der Waals surface area contributed by atoms with Crippen molar-refractivity contribution in [3.63, 3.8) is 0 Å². The van der Waals surface area contributed by atoms with Crippen LogP contribution >= 0.6 is 0 Å². The Hall–Kier alpha value is -1.28. The van der Waals surface area contributed by atoms with Crippen LogP contribution < -0.4 is 5.32 Å². The first-order valence-corrected chi connectivity index (χ1v) is 6.05. The van der Waals surface area contributed by atoms with Crippen molar-refractivity contribution >= 4 is 10.9 Å². The molecule has 0 bridgehead atoms. The largest absolute Gasteiger partial charge is 0.358 e. The Bertz CT molecular complexity index is 480. The average molecular weight is 214 g/mol. The minimum absolute atomic E-state index is 0.672. The van der Waals surface area contributed by atoms with Gasteiger partial charge in [0.15, 0.2) is 0 Å². The molecule has 0 saturated carbocycles. The molecule has 0 aliphatic carbocycles. The Kier molecular flexibility index (Phi) is 2.25. The number of rotatable bonds is 1. The number of aryl methyl sites for hydroxylation is 2. The Morgan fingerprint density at radius 3 is 2.69 bits per heavy atom. The fourth-order valence-electron chi connectivity index (χ4n) is 2.66. The highest BCUT2D eigenvalue weighted by molar-refractivity contribution is 5.86. The summed E-state index contributed by atoms with van der Waals surface area (Å²) >= 11 is 0. The number of hydrogen-bond donors (Lipinski definition) is 2. The topological polar surface area (TPSA) is 27.8 Å². The first-order chi connectivity index (χ1) is 7.75. The molecule has 2 heterocycles. The standard InChI is InChI=1S/C14H18N2/c1-9-3-4-10(2)14-12(9)7-13(16-14)11-5-6-15-8-11/h3-4,7,11,15-16H,5-6,8H2,1-2H3. The molecular formula is C14H18N2. The SMILES string of the molecule is Cc1ccc(C)c2[nH]c(C3CCNC3)cc12. The van der Waals surface area contributed by atoms with Crippen molar-refractivity contribution in [1.29, 1.82) is 0 Å². The van der Waals surface area contributed by atoms with Crippen LogP contribution in [0.25, 0.3) is 10.9 Å². The van der Waals surface area contributed by atoms with Gasteiger partial charge in [0.1, 0.15) is 0 Å². The monoisotopic (exact) mass is 214 g/mol. The molecule has 3 rings (SSSR count). The van der Waals surface area contributed by atoms with E-state index in [0.717, 1.165) is 13.1 Å². The number of fused-ring (bicyclic) bond motifs is 1. The molecule has 0 spiro atoms. The molecule has 1 aliphatic rings. The van der Waals surface area contributed by atoms with Crippen LogP contribution in [0.2, 0.25) is 0 Å². The molecule has 1 aromatic carbocycles. The van der Waals surface area contributed by atoms with Crippen molar-refractivity contribution in [2.45, 2.75) is 26.2 Å². The van der Waals surface area contributed by atoms with Gasteiger partial charge in [-0.25, -0.2) is 0 Å². The molecule has 2 nitrogen and oxygen atoms in total. The van der Waals surface area contributed by atoms with Crippen molar-refractivity contribution in [1.82, 2.24) is 10.3 Å². The lowest BCUT2D eigenvalue weighted by molar-refractivity contribution is 0.743. The zero-order chi connectivity index (χ0) is 11.1. The third-order valence-electron chi connectivity index (χ3n) is 3.74. The van der Waals surface area contributed by atoms with Crippen LogP contribution in [0, 0.1) is 13.8 Å². The molecule has 16 heavy (non-hydrogen) atoms. The van der Waals surface area contributed by atoms with E-state index in [1.165, 1.54) is 34.1 Å². The fraction of sp³-hybridized carbons (Fsp3) is 0.429. The highest BCUT2D eigenvalue weighted by atomic mass is 14.9. The van der Waals surface area contributed by atoms with E-state index in [-0.39, 0.29) is 0 Å². The zero-order valence-electron chi connectivity index (χ0n) is 9.93. The van der Waals surface area contributed by atoms with Gasteiger partial charge in [-0.1, -0.05) is 12.1 Å². The molecule has 1 fully saturated rings. The van der Waals surface area contributed by atoms with Crippen molar-refractivity contribution in [3.05, 3.63) is 35.0 Å². The van der Waals surface area contributed by atoms with E-state index in [9.17, 15) is 0 Å². The minimum atomic E-state index is 0.672. The van der Waals surface area contributed by atoms with Gasteiger partial charge in [0.25, 0.3) is 0 Å². The Labute approximate surface area is 96.1 Å². The lowest BCUT2D eigenvalue weighted by atomic mass is 10.0. The van der Waals surface area contributed by atoms with Gasteiger partial charge < -0.3 is 10.3 Å². The van der Waals surface area contributed by atoms with E-state index in [2.05, 4.69) is 42.3 Å². The Morgan fingerprint density at radius 2 is 2.00 bits per heavy atom. The fourth-order valence-corrected chi connectivity index (χ4v) is 2.66. The number of hydrogen-bond acceptors (Lipinski definition) is 1. The third-order valence-corrected chi connectivity index (χ3v) is 3.74. The van der Waals surface area contributed by atoms with Crippen LogP contribution in [0.3, 0.4) is 0 Å². The lowest BCUT2D eigenvalue weighted by Crippen LogP contribution is -2.07. The van der Waals surface area contributed by atoms with Gasteiger partial charge >= 0.3 is 0 Å². The third kappa shape index (κ3) is 1.45. The molecule has 0 radical (unpaired) electrons. The van der Waals surface area contributed by atoms with E-state index in [1.54, 1.807) is 0 Å². The van der Waals surface area contributed by atoms with E-state index in [4.69, 9.17) is 0 Å². The van der Waals surface area contributed by atoms with E-state index < -0.39 is 0 Å². The van der Waals surface area contributed by atoms with E-state index in [0.29, 0.717) is 5.92 Å². The molecule has 0 amide bonds. The van der Waals surface area contributed by atoms with Gasteiger partial charge in [-0.2, -0.15) is 0 Å². The van der Waals surface area contributed by atoms with Crippen molar-refractivity contribution in [2.24, 2.45) is 0 Å². The van der Waals surface area contributed by atoms with Crippen LogP contribution in [-0.4, -0.2) is 18.1 Å². The first-order valence-electron chi connectivity index (χ1n) is 6.05. The summed E-state index contributed by atoms with van der Waals surface area (Å²) in [6.45, 7) is 6.63. The first kappa shape index (κ1) is 9.91. The van der Waals surface area contributed by atoms with Crippen LogP contribution in [0.4, 0.5) is 0 Å². The van der Waals surface area contributed by atoms with Crippen molar-refractivity contribution in [2.75, 3.05) is 13.1 Å². The molecule has 1 aromatic heterocycles. The maximum Gasteiger partial charge on any atom is 0.0488 e. The predicted octanol–water partition coefficient (Wildman–Crippen LogP) is 2.86. The summed E-state index contributed by atoms with van der Waals surface area (Å²) in [6.07, 6.45) is 1.25. The maximum atomic E-state index is 3.61. The molecule has 1 saturated heterocycles. The van der Waals surface area contributed by atoms with Gasteiger partial charge in [0.2, 0.25) is 0 Å². The summed E-state index contributed by atoms with van der Waals surface area (Å²) in [6, 6.07) is 6.75. The Morgan fingerprint density at radius 1 is 1.19 bits per heavy atom. The highest BCUT2D eigenvalue weighted by Gasteiger charge is 2.19.